The Morgan fingerprint density at radius 2 is 2.40 bits per heavy atom. The fourth-order valence-corrected chi connectivity index (χ4v) is 3.24. The summed E-state index contributed by atoms with van der Waals surface area (Å²) >= 11 is 6.42. The van der Waals surface area contributed by atoms with Crippen LogP contribution in [0.4, 0.5) is 5.69 Å². The molecule has 1 aromatic carbocycles. The third-order valence-corrected chi connectivity index (χ3v) is 4.30. The maximum absolute atomic E-state index is 6.42. The summed E-state index contributed by atoms with van der Waals surface area (Å²) in [4.78, 5) is 4.47. The lowest BCUT2D eigenvalue weighted by atomic mass is 9.99. The quantitative estimate of drug-likeness (QED) is 0.906. The summed E-state index contributed by atoms with van der Waals surface area (Å²) in [6, 6.07) is 6.05. The summed E-state index contributed by atoms with van der Waals surface area (Å²) in [7, 11) is 0. The maximum Gasteiger partial charge on any atom is 0.0752 e. The minimum Gasteiger partial charge on any atom is -0.383 e. The molecular weight excluding hydrogens is 270 g/mol. The Balaban J connectivity index is 1.86. The Morgan fingerprint density at radius 3 is 3.20 bits per heavy atom. The number of halogens is 1. The van der Waals surface area contributed by atoms with E-state index in [-0.39, 0.29) is 0 Å². The van der Waals surface area contributed by atoms with Crippen LogP contribution in [0, 0.1) is 12.8 Å². The van der Waals surface area contributed by atoms with Crippen molar-refractivity contribution in [2.24, 2.45) is 5.92 Å². The minimum absolute atomic E-state index is 0.674. The molecule has 0 saturated carbocycles. The van der Waals surface area contributed by atoms with E-state index in [9.17, 15) is 0 Å². The van der Waals surface area contributed by atoms with E-state index >= 15 is 0 Å². The van der Waals surface area contributed by atoms with Gasteiger partial charge in [-0.1, -0.05) is 11.6 Å². The van der Waals surface area contributed by atoms with E-state index in [1.54, 1.807) is 0 Å². The molecule has 2 N–H and O–H groups in total. The fraction of sp³-hybridized carbons (Fsp3) is 0.438. The maximum atomic E-state index is 6.42. The first-order chi connectivity index (χ1) is 9.75. The van der Waals surface area contributed by atoms with Crippen LogP contribution in [0.3, 0.4) is 0 Å². The molecule has 0 radical (unpaired) electrons. The third-order valence-electron chi connectivity index (χ3n) is 4.00. The summed E-state index contributed by atoms with van der Waals surface area (Å²) in [5, 5.41) is 8.88. The molecule has 1 unspecified atom stereocenters. The van der Waals surface area contributed by atoms with Gasteiger partial charge in [-0.2, -0.15) is 0 Å². The lowest BCUT2D eigenvalue weighted by molar-refractivity contribution is 0.393. The number of rotatable bonds is 3. The molecule has 0 spiro atoms. The van der Waals surface area contributed by atoms with Crippen molar-refractivity contribution in [3.05, 3.63) is 35.0 Å². The van der Waals surface area contributed by atoms with Gasteiger partial charge in [-0.3, -0.25) is 4.98 Å². The van der Waals surface area contributed by atoms with Crippen molar-refractivity contribution in [1.29, 1.82) is 0 Å². The molecule has 3 rings (SSSR count). The number of anilines is 1. The van der Waals surface area contributed by atoms with Gasteiger partial charge in [-0.25, -0.2) is 0 Å². The highest BCUT2D eigenvalue weighted by atomic mass is 35.5. The second kappa shape index (κ2) is 5.98. The molecule has 3 nitrogen and oxygen atoms in total. The summed E-state index contributed by atoms with van der Waals surface area (Å²) in [6.07, 6.45) is 4.37. The Kier molecular flexibility index (Phi) is 4.08. The standard InChI is InChI=1S/C16H20ClN3/c1-11-8-14(17)16(13-5-3-7-19-15(11)13)20-10-12-4-2-6-18-9-12/h3,5,7-8,12,18,20H,2,4,6,9-10H2,1H3. The molecule has 1 fully saturated rings. The van der Waals surface area contributed by atoms with Gasteiger partial charge in [0.25, 0.3) is 0 Å². The van der Waals surface area contributed by atoms with Crippen molar-refractivity contribution in [1.82, 2.24) is 10.3 Å². The molecule has 1 saturated heterocycles. The summed E-state index contributed by atoms with van der Waals surface area (Å²) in [5.74, 6) is 0.674. The van der Waals surface area contributed by atoms with Gasteiger partial charge in [-0.05, 0) is 62.5 Å². The van der Waals surface area contributed by atoms with Crippen molar-refractivity contribution in [2.45, 2.75) is 19.8 Å². The Bertz CT molecular complexity index is 606. The van der Waals surface area contributed by atoms with Gasteiger partial charge in [0.2, 0.25) is 0 Å². The number of hydrogen-bond donors (Lipinski definition) is 2. The van der Waals surface area contributed by atoms with Gasteiger partial charge < -0.3 is 10.6 Å². The molecule has 2 aromatic rings. The predicted molar refractivity (Wildman–Crippen MR) is 85.6 cm³/mol. The van der Waals surface area contributed by atoms with Crippen LogP contribution in [0.2, 0.25) is 5.02 Å². The number of piperidine rings is 1. The van der Waals surface area contributed by atoms with Crippen molar-refractivity contribution in [3.8, 4) is 0 Å². The van der Waals surface area contributed by atoms with Gasteiger partial charge in [0.05, 0.1) is 16.2 Å². The van der Waals surface area contributed by atoms with Crippen LogP contribution in [-0.4, -0.2) is 24.6 Å². The number of nitrogens with one attached hydrogen (secondary N) is 2. The van der Waals surface area contributed by atoms with Crippen LogP contribution >= 0.6 is 11.6 Å². The van der Waals surface area contributed by atoms with Crippen molar-refractivity contribution < 1.29 is 0 Å². The van der Waals surface area contributed by atoms with Crippen LogP contribution in [0.5, 0.6) is 0 Å². The van der Waals surface area contributed by atoms with Gasteiger partial charge >= 0.3 is 0 Å². The summed E-state index contributed by atoms with van der Waals surface area (Å²) < 4.78 is 0. The molecular formula is C16H20ClN3. The Morgan fingerprint density at radius 1 is 1.50 bits per heavy atom. The van der Waals surface area contributed by atoms with Gasteiger partial charge in [-0.15, -0.1) is 0 Å². The Hall–Kier alpha value is -1.32. The molecule has 1 aliphatic heterocycles. The number of hydrogen-bond acceptors (Lipinski definition) is 3. The van der Waals surface area contributed by atoms with E-state index in [0.717, 1.165) is 46.8 Å². The van der Waals surface area contributed by atoms with Crippen LogP contribution in [0.25, 0.3) is 10.9 Å². The SMILES string of the molecule is Cc1cc(Cl)c(NCC2CCCNC2)c2cccnc12. The van der Waals surface area contributed by atoms with Crippen molar-refractivity contribution in [3.63, 3.8) is 0 Å². The van der Waals surface area contributed by atoms with Gasteiger partial charge in [0.15, 0.2) is 0 Å². The average molecular weight is 290 g/mol. The molecule has 1 aliphatic rings. The van der Waals surface area contributed by atoms with Crippen LogP contribution in [-0.2, 0) is 0 Å². The lowest BCUT2D eigenvalue weighted by Gasteiger charge is -2.24. The second-order valence-corrected chi connectivity index (χ2v) is 5.95. The molecule has 0 amide bonds. The van der Waals surface area contributed by atoms with E-state index in [1.807, 2.05) is 18.3 Å². The number of fused-ring (bicyclic) bond motifs is 1. The number of pyridine rings is 1. The Labute approximate surface area is 124 Å². The smallest absolute Gasteiger partial charge is 0.0752 e. The molecule has 1 atom stereocenters. The molecule has 1 aromatic heterocycles. The zero-order chi connectivity index (χ0) is 13.9. The molecule has 0 bridgehead atoms. The topological polar surface area (TPSA) is 37.0 Å². The predicted octanol–water partition coefficient (Wildman–Crippen LogP) is 3.61. The van der Waals surface area contributed by atoms with E-state index in [0.29, 0.717) is 5.92 Å². The third kappa shape index (κ3) is 2.74. The van der Waals surface area contributed by atoms with E-state index in [2.05, 4.69) is 28.6 Å². The fourth-order valence-electron chi connectivity index (χ4n) is 2.90. The van der Waals surface area contributed by atoms with Crippen molar-refractivity contribution in [2.75, 3.05) is 25.0 Å². The number of benzene rings is 1. The monoisotopic (exact) mass is 289 g/mol. The van der Waals surface area contributed by atoms with Crippen LogP contribution in [0.15, 0.2) is 24.4 Å². The summed E-state index contributed by atoms with van der Waals surface area (Å²) in [6.45, 7) is 5.25. The van der Waals surface area contributed by atoms with E-state index in [1.165, 1.54) is 12.8 Å². The molecule has 4 heteroatoms. The van der Waals surface area contributed by atoms with Gasteiger partial charge in [0.1, 0.15) is 0 Å². The minimum atomic E-state index is 0.674. The molecule has 0 aliphatic carbocycles. The largest absolute Gasteiger partial charge is 0.383 e. The lowest BCUT2D eigenvalue weighted by Crippen LogP contribution is -2.33. The van der Waals surface area contributed by atoms with E-state index < -0.39 is 0 Å². The first-order valence-corrected chi connectivity index (χ1v) is 7.62. The van der Waals surface area contributed by atoms with Crippen molar-refractivity contribution >= 4 is 28.2 Å². The zero-order valence-electron chi connectivity index (χ0n) is 11.7. The van der Waals surface area contributed by atoms with Gasteiger partial charge in [0, 0.05) is 18.1 Å². The molecule has 106 valence electrons. The van der Waals surface area contributed by atoms with Crippen LogP contribution < -0.4 is 10.6 Å². The molecule has 20 heavy (non-hydrogen) atoms. The summed E-state index contributed by atoms with van der Waals surface area (Å²) in [5.41, 5.74) is 3.17. The van der Waals surface area contributed by atoms with E-state index in [4.69, 9.17) is 11.6 Å². The van der Waals surface area contributed by atoms with Crippen LogP contribution in [0.1, 0.15) is 18.4 Å². The normalized spacial score (nSPS) is 19.2. The second-order valence-electron chi connectivity index (χ2n) is 5.54. The zero-order valence-corrected chi connectivity index (χ0v) is 12.5. The highest BCUT2D eigenvalue weighted by Gasteiger charge is 2.15. The molecule has 2 heterocycles. The number of aromatic nitrogens is 1. The first-order valence-electron chi connectivity index (χ1n) is 7.24. The first kappa shape index (κ1) is 13.7. The highest BCUT2D eigenvalue weighted by Crippen LogP contribution is 2.32. The average Bonchev–Trinajstić information content (AvgIpc) is 2.48. The highest BCUT2D eigenvalue weighted by molar-refractivity contribution is 6.35. The number of nitrogens with zero attached hydrogens (tertiary/aromatic N) is 1. The number of aryl methyl sites for hydroxylation is 1.